The van der Waals surface area contributed by atoms with Gasteiger partial charge in [-0.3, -0.25) is 4.79 Å². The minimum Gasteiger partial charge on any atom is -0.326 e. The second-order valence-electron chi connectivity index (χ2n) is 7.17. The Morgan fingerprint density at radius 2 is 1.93 bits per heavy atom. The van der Waals surface area contributed by atoms with Crippen LogP contribution in [0, 0.1) is 11.8 Å². The molecule has 0 saturated heterocycles. The molecule has 0 atom stereocenters. The van der Waals surface area contributed by atoms with Gasteiger partial charge in [0, 0.05) is 18.2 Å². The average molecular weight is 485 g/mol. The molecular formula is C20H25BrN2O3S2. The summed E-state index contributed by atoms with van der Waals surface area (Å²) in [5, 5.41) is 3.03. The summed E-state index contributed by atoms with van der Waals surface area (Å²) in [7, 11) is -3.46. The Morgan fingerprint density at radius 3 is 2.57 bits per heavy atom. The van der Waals surface area contributed by atoms with Crippen LogP contribution in [0.15, 0.2) is 44.4 Å². The number of nitrogens with one attached hydrogen (secondary N) is 2. The molecule has 0 bridgehead atoms. The van der Waals surface area contributed by atoms with Crippen molar-refractivity contribution in [3.8, 4) is 0 Å². The van der Waals surface area contributed by atoms with Crippen molar-refractivity contribution in [1.82, 2.24) is 4.72 Å². The highest BCUT2D eigenvalue weighted by atomic mass is 79.9. The normalized spacial score (nSPS) is 20.1. The molecule has 1 aromatic heterocycles. The molecule has 5 nitrogen and oxygen atoms in total. The van der Waals surface area contributed by atoms with Gasteiger partial charge in [-0.05, 0) is 83.8 Å². The van der Waals surface area contributed by atoms with Crippen molar-refractivity contribution < 1.29 is 13.2 Å². The van der Waals surface area contributed by atoms with Crippen molar-refractivity contribution in [2.45, 2.75) is 43.2 Å². The number of amides is 1. The average Bonchev–Trinajstić information content (AvgIpc) is 3.14. The third-order valence-electron chi connectivity index (χ3n) is 5.20. The maximum atomic E-state index is 12.6. The second kappa shape index (κ2) is 9.52. The Bertz CT molecular complexity index is 919. The predicted molar refractivity (Wildman–Crippen MR) is 117 cm³/mol. The number of anilines is 1. The van der Waals surface area contributed by atoms with E-state index in [1.165, 1.54) is 16.9 Å². The highest BCUT2D eigenvalue weighted by Gasteiger charge is 2.27. The van der Waals surface area contributed by atoms with Crippen molar-refractivity contribution in [2.24, 2.45) is 11.8 Å². The van der Waals surface area contributed by atoms with Crippen LogP contribution < -0.4 is 10.0 Å². The van der Waals surface area contributed by atoms with Crippen LogP contribution in [-0.2, 0) is 21.2 Å². The fraction of sp³-hybridized carbons (Fsp3) is 0.450. The van der Waals surface area contributed by atoms with Crippen LogP contribution in [0.4, 0.5) is 5.69 Å². The molecule has 2 aromatic rings. The molecule has 1 aromatic carbocycles. The first-order valence-corrected chi connectivity index (χ1v) is 12.6. The van der Waals surface area contributed by atoms with Gasteiger partial charge >= 0.3 is 0 Å². The number of aryl methyl sites for hydroxylation is 1. The molecule has 2 N–H and O–H groups in total. The SMILES string of the molecule is CCc1cccc(NC(=O)C2CCC(CNS(=O)(=O)c3ccc(Br)s3)CC2)c1. The standard InChI is InChI=1S/C20H25BrN2O3S2/c1-2-14-4-3-5-17(12-14)23-20(24)16-8-6-15(7-9-16)13-22-28(25,26)19-11-10-18(21)27-19/h3-5,10-12,15-16,22H,2,6-9,13H2,1H3,(H,23,24). The summed E-state index contributed by atoms with van der Waals surface area (Å²) < 4.78 is 28.5. The number of thiophene rings is 1. The third-order valence-corrected chi connectivity index (χ3v) is 8.73. The summed E-state index contributed by atoms with van der Waals surface area (Å²) in [6.07, 6.45) is 4.22. The number of hydrogen-bond donors (Lipinski definition) is 2. The lowest BCUT2D eigenvalue weighted by atomic mass is 9.81. The van der Waals surface area contributed by atoms with Crippen molar-refractivity contribution in [2.75, 3.05) is 11.9 Å². The van der Waals surface area contributed by atoms with Gasteiger partial charge in [0.2, 0.25) is 15.9 Å². The van der Waals surface area contributed by atoms with E-state index in [1.54, 1.807) is 12.1 Å². The largest absolute Gasteiger partial charge is 0.326 e. The van der Waals surface area contributed by atoms with Gasteiger partial charge in [-0.1, -0.05) is 19.1 Å². The maximum Gasteiger partial charge on any atom is 0.250 e. The van der Waals surface area contributed by atoms with Gasteiger partial charge in [-0.15, -0.1) is 11.3 Å². The van der Waals surface area contributed by atoms with Crippen molar-refractivity contribution in [1.29, 1.82) is 0 Å². The topological polar surface area (TPSA) is 75.3 Å². The summed E-state index contributed by atoms with van der Waals surface area (Å²) in [6, 6.07) is 11.3. The molecule has 8 heteroatoms. The molecule has 152 valence electrons. The lowest BCUT2D eigenvalue weighted by molar-refractivity contribution is -0.121. The molecule has 28 heavy (non-hydrogen) atoms. The summed E-state index contributed by atoms with van der Waals surface area (Å²) in [5.41, 5.74) is 2.05. The van der Waals surface area contributed by atoms with Gasteiger partial charge in [0.05, 0.1) is 3.79 Å². The monoisotopic (exact) mass is 484 g/mol. The van der Waals surface area contributed by atoms with Crippen molar-refractivity contribution >= 4 is 48.9 Å². The zero-order valence-electron chi connectivity index (χ0n) is 15.8. The fourth-order valence-corrected chi connectivity index (χ4v) is 6.65. The van der Waals surface area contributed by atoms with Gasteiger partial charge in [0.1, 0.15) is 4.21 Å². The van der Waals surface area contributed by atoms with E-state index in [-0.39, 0.29) is 17.7 Å². The highest BCUT2D eigenvalue weighted by molar-refractivity contribution is 9.11. The number of halogens is 1. The quantitative estimate of drug-likeness (QED) is 0.592. The molecule has 0 radical (unpaired) electrons. The number of carbonyl (C=O) groups is 1. The Labute approximate surface area is 179 Å². The van der Waals surface area contributed by atoms with Crippen LogP contribution in [0.2, 0.25) is 0 Å². The van der Waals surface area contributed by atoms with E-state index in [4.69, 9.17) is 0 Å². The maximum absolute atomic E-state index is 12.6. The van der Waals surface area contributed by atoms with Crippen LogP contribution >= 0.6 is 27.3 Å². The number of hydrogen-bond acceptors (Lipinski definition) is 4. The van der Waals surface area contributed by atoms with Crippen molar-refractivity contribution in [3.05, 3.63) is 45.7 Å². The number of sulfonamides is 1. The zero-order valence-corrected chi connectivity index (χ0v) is 19.0. The summed E-state index contributed by atoms with van der Waals surface area (Å²) in [4.78, 5) is 12.6. The number of rotatable bonds is 7. The summed E-state index contributed by atoms with van der Waals surface area (Å²) in [5.74, 6) is 0.327. The van der Waals surface area contributed by atoms with Gasteiger partial charge in [0.15, 0.2) is 0 Å². The van der Waals surface area contributed by atoms with Crippen LogP contribution in [-0.4, -0.2) is 20.9 Å². The van der Waals surface area contributed by atoms with Gasteiger partial charge in [-0.25, -0.2) is 13.1 Å². The second-order valence-corrected chi connectivity index (χ2v) is 11.6. The van der Waals surface area contributed by atoms with Gasteiger partial charge < -0.3 is 5.32 Å². The van der Waals surface area contributed by atoms with Gasteiger partial charge in [-0.2, -0.15) is 0 Å². The Morgan fingerprint density at radius 1 is 1.18 bits per heavy atom. The van der Waals surface area contributed by atoms with Crippen LogP contribution in [0.5, 0.6) is 0 Å². The molecule has 1 heterocycles. The fourth-order valence-electron chi connectivity index (χ4n) is 3.48. The molecule has 1 amide bonds. The van der Waals surface area contributed by atoms with Crippen LogP contribution in [0.3, 0.4) is 0 Å². The molecular weight excluding hydrogens is 460 g/mol. The van der Waals surface area contributed by atoms with E-state index in [0.717, 1.165) is 41.6 Å². The molecule has 1 saturated carbocycles. The Balaban J connectivity index is 1.47. The minimum atomic E-state index is -3.46. The van der Waals surface area contributed by atoms with E-state index in [9.17, 15) is 13.2 Å². The van der Waals surface area contributed by atoms with E-state index < -0.39 is 10.0 Å². The Kier molecular flexibility index (Phi) is 7.31. The molecule has 1 aliphatic carbocycles. The number of benzene rings is 1. The van der Waals surface area contributed by atoms with E-state index in [0.29, 0.717) is 10.8 Å². The van der Waals surface area contributed by atoms with Crippen molar-refractivity contribution in [3.63, 3.8) is 0 Å². The van der Waals surface area contributed by atoms with E-state index >= 15 is 0 Å². The molecule has 3 rings (SSSR count). The minimum absolute atomic E-state index is 0.00797. The predicted octanol–water partition coefficient (Wildman–Crippen LogP) is 4.80. The highest BCUT2D eigenvalue weighted by Crippen LogP contribution is 2.30. The Hall–Kier alpha value is -1.22. The lowest BCUT2D eigenvalue weighted by Gasteiger charge is -2.27. The first-order valence-electron chi connectivity index (χ1n) is 9.52. The molecule has 0 spiro atoms. The third kappa shape index (κ3) is 5.65. The first kappa shape index (κ1) is 21.5. The van der Waals surface area contributed by atoms with Crippen LogP contribution in [0.25, 0.3) is 0 Å². The smallest absolute Gasteiger partial charge is 0.250 e. The molecule has 1 aliphatic rings. The molecule has 0 aliphatic heterocycles. The van der Waals surface area contributed by atoms with E-state index in [2.05, 4.69) is 39.0 Å². The summed E-state index contributed by atoms with van der Waals surface area (Å²) in [6.45, 7) is 2.51. The molecule has 0 unspecified atom stereocenters. The number of carbonyl (C=O) groups excluding carboxylic acids is 1. The van der Waals surface area contributed by atoms with Gasteiger partial charge in [0.25, 0.3) is 0 Å². The summed E-state index contributed by atoms with van der Waals surface area (Å²) >= 11 is 4.49. The zero-order chi connectivity index (χ0) is 20.1. The molecule has 1 fully saturated rings. The lowest BCUT2D eigenvalue weighted by Crippen LogP contribution is -2.33. The van der Waals surface area contributed by atoms with Crippen LogP contribution in [0.1, 0.15) is 38.2 Å². The first-order chi connectivity index (χ1) is 13.4. The van der Waals surface area contributed by atoms with E-state index in [1.807, 2.05) is 18.2 Å².